The molecule has 21 heavy (non-hydrogen) atoms. The number of hydrogen-bond acceptors (Lipinski definition) is 4. The molecular weight excluding hydrogens is 271 g/mol. The van der Waals surface area contributed by atoms with Crippen molar-refractivity contribution < 1.29 is 9.50 Å². The van der Waals surface area contributed by atoms with E-state index in [2.05, 4.69) is 9.97 Å². The van der Waals surface area contributed by atoms with Crippen LogP contribution in [0.2, 0.25) is 0 Å². The number of nitrogen functional groups attached to an aromatic ring is 1. The van der Waals surface area contributed by atoms with E-state index in [0.717, 1.165) is 6.07 Å². The average Bonchev–Trinajstić information content (AvgIpc) is 2.78. The van der Waals surface area contributed by atoms with Crippen LogP contribution < -0.4 is 5.73 Å². The summed E-state index contributed by atoms with van der Waals surface area (Å²) in [6, 6.07) is 4.07. The maximum atomic E-state index is 13.6. The van der Waals surface area contributed by atoms with Gasteiger partial charge in [-0.05, 0) is 31.5 Å². The lowest BCUT2D eigenvalue weighted by molar-refractivity contribution is 0.469. The van der Waals surface area contributed by atoms with Crippen LogP contribution in [0.3, 0.4) is 0 Å². The number of halogens is 1. The number of aromatic hydroxyl groups is 1. The van der Waals surface area contributed by atoms with Crippen molar-refractivity contribution in [2.75, 3.05) is 5.73 Å². The van der Waals surface area contributed by atoms with Gasteiger partial charge in [-0.25, -0.2) is 14.4 Å². The van der Waals surface area contributed by atoms with Crippen LogP contribution in [0.1, 0.15) is 19.9 Å². The Labute approximate surface area is 120 Å². The highest BCUT2D eigenvalue weighted by atomic mass is 19.1. The summed E-state index contributed by atoms with van der Waals surface area (Å²) < 4.78 is 15.5. The van der Waals surface area contributed by atoms with E-state index in [4.69, 9.17) is 5.73 Å². The Balaban J connectivity index is 2.37. The van der Waals surface area contributed by atoms with Gasteiger partial charge in [0.05, 0.1) is 5.39 Å². The van der Waals surface area contributed by atoms with E-state index in [-0.39, 0.29) is 11.8 Å². The monoisotopic (exact) mass is 286 g/mol. The van der Waals surface area contributed by atoms with E-state index in [1.54, 1.807) is 0 Å². The number of aromatic nitrogens is 3. The third-order valence-electron chi connectivity index (χ3n) is 3.39. The van der Waals surface area contributed by atoms with Crippen molar-refractivity contribution in [3.8, 4) is 16.9 Å². The Bertz CT molecular complexity index is 806. The lowest BCUT2D eigenvalue weighted by Gasteiger charge is -2.07. The van der Waals surface area contributed by atoms with Gasteiger partial charge in [-0.2, -0.15) is 0 Å². The highest BCUT2D eigenvalue weighted by Crippen LogP contribution is 2.35. The zero-order valence-corrected chi connectivity index (χ0v) is 11.7. The summed E-state index contributed by atoms with van der Waals surface area (Å²) in [6.45, 7) is 4.04. The third kappa shape index (κ3) is 2.18. The number of nitrogens with zero attached hydrogens (tertiary/aromatic N) is 3. The fourth-order valence-electron chi connectivity index (χ4n) is 2.45. The van der Waals surface area contributed by atoms with Crippen LogP contribution in [-0.4, -0.2) is 19.6 Å². The van der Waals surface area contributed by atoms with Crippen molar-refractivity contribution in [2.45, 2.75) is 19.9 Å². The van der Waals surface area contributed by atoms with Crippen molar-refractivity contribution in [3.63, 3.8) is 0 Å². The second-order valence-corrected chi connectivity index (χ2v) is 5.20. The number of nitrogens with two attached hydrogens (primary N) is 1. The van der Waals surface area contributed by atoms with Crippen LogP contribution in [0.15, 0.2) is 30.7 Å². The number of rotatable bonds is 2. The maximum Gasteiger partial charge on any atom is 0.146 e. The van der Waals surface area contributed by atoms with Crippen LogP contribution in [0.5, 0.6) is 5.75 Å². The van der Waals surface area contributed by atoms with Crippen LogP contribution >= 0.6 is 0 Å². The molecule has 0 bridgehead atoms. The molecule has 2 aromatic heterocycles. The summed E-state index contributed by atoms with van der Waals surface area (Å²) in [5.41, 5.74) is 7.89. The molecule has 3 rings (SSSR count). The van der Waals surface area contributed by atoms with Crippen molar-refractivity contribution in [1.29, 1.82) is 0 Å². The molecule has 0 spiro atoms. The van der Waals surface area contributed by atoms with Gasteiger partial charge in [-0.1, -0.05) is 0 Å². The zero-order chi connectivity index (χ0) is 15.1. The molecule has 3 N–H and O–H groups in total. The van der Waals surface area contributed by atoms with Crippen LogP contribution in [0.4, 0.5) is 10.2 Å². The third-order valence-corrected chi connectivity index (χ3v) is 3.39. The van der Waals surface area contributed by atoms with Crippen molar-refractivity contribution in [3.05, 3.63) is 36.5 Å². The molecule has 0 aliphatic carbocycles. The van der Waals surface area contributed by atoms with E-state index in [1.165, 1.54) is 18.5 Å². The number of phenolic OH excluding ortho intramolecular Hbond substituents is 1. The minimum absolute atomic E-state index is 0.133. The Morgan fingerprint density at radius 1 is 1.24 bits per heavy atom. The molecule has 0 fully saturated rings. The lowest BCUT2D eigenvalue weighted by Crippen LogP contribution is -2.00. The Morgan fingerprint density at radius 3 is 2.67 bits per heavy atom. The Kier molecular flexibility index (Phi) is 3.01. The number of phenols is 1. The summed E-state index contributed by atoms with van der Waals surface area (Å²) in [6.07, 6.45) is 3.26. The molecule has 0 amide bonds. The van der Waals surface area contributed by atoms with Gasteiger partial charge in [0.15, 0.2) is 0 Å². The van der Waals surface area contributed by atoms with Gasteiger partial charge in [-0.3, -0.25) is 0 Å². The molecule has 0 radical (unpaired) electrons. The summed E-state index contributed by atoms with van der Waals surface area (Å²) in [5, 5.41) is 10.3. The van der Waals surface area contributed by atoms with Gasteiger partial charge >= 0.3 is 0 Å². The smallest absolute Gasteiger partial charge is 0.146 e. The highest BCUT2D eigenvalue weighted by molar-refractivity contribution is 6.00. The molecule has 0 unspecified atom stereocenters. The van der Waals surface area contributed by atoms with Gasteiger partial charge in [0.2, 0.25) is 0 Å². The first-order valence-corrected chi connectivity index (χ1v) is 6.58. The van der Waals surface area contributed by atoms with Gasteiger partial charge < -0.3 is 15.4 Å². The van der Waals surface area contributed by atoms with Gasteiger partial charge in [0, 0.05) is 23.9 Å². The first kappa shape index (κ1) is 13.4. The SMILES string of the molecule is CC(C)n1cc(-c2cc(O)cc(F)c2)c2c(N)ncnc21. The number of benzene rings is 1. The Hall–Kier alpha value is -2.63. The van der Waals surface area contributed by atoms with Gasteiger partial charge in [-0.15, -0.1) is 0 Å². The topological polar surface area (TPSA) is 77.0 Å². The summed E-state index contributed by atoms with van der Waals surface area (Å²) in [5.74, 6) is -0.310. The number of anilines is 1. The second-order valence-electron chi connectivity index (χ2n) is 5.20. The molecule has 0 aliphatic heterocycles. The molecule has 0 saturated carbocycles. The molecule has 6 heteroatoms. The minimum atomic E-state index is -0.508. The molecule has 5 nitrogen and oxygen atoms in total. The summed E-state index contributed by atoms with van der Waals surface area (Å²) >= 11 is 0. The quantitative estimate of drug-likeness (QED) is 0.759. The number of fused-ring (bicyclic) bond motifs is 1. The van der Waals surface area contributed by atoms with E-state index in [0.29, 0.717) is 28.0 Å². The normalized spacial score (nSPS) is 11.4. The van der Waals surface area contributed by atoms with Crippen molar-refractivity contribution >= 4 is 16.9 Å². The molecule has 108 valence electrons. The minimum Gasteiger partial charge on any atom is -0.508 e. The van der Waals surface area contributed by atoms with Crippen molar-refractivity contribution in [2.24, 2.45) is 0 Å². The molecule has 0 aliphatic rings. The highest BCUT2D eigenvalue weighted by Gasteiger charge is 2.17. The van der Waals surface area contributed by atoms with E-state index < -0.39 is 5.82 Å². The first-order chi connectivity index (χ1) is 9.97. The maximum absolute atomic E-state index is 13.6. The van der Waals surface area contributed by atoms with Crippen LogP contribution in [0, 0.1) is 5.82 Å². The first-order valence-electron chi connectivity index (χ1n) is 6.58. The molecule has 0 saturated heterocycles. The van der Waals surface area contributed by atoms with Gasteiger partial charge in [0.25, 0.3) is 0 Å². The van der Waals surface area contributed by atoms with E-state index in [1.807, 2.05) is 24.6 Å². The van der Waals surface area contributed by atoms with Crippen LogP contribution in [-0.2, 0) is 0 Å². The molecule has 3 aromatic rings. The fraction of sp³-hybridized carbons (Fsp3) is 0.200. The molecular formula is C15H15FN4O. The van der Waals surface area contributed by atoms with E-state index >= 15 is 0 Å². The predicted octanol–water partition coefficient (Wildman–Crippen LogP) is 3.11. The standard InChI is InChI=1S/C15H15FN4O/c1-8(2)20-6-12(9-3-10(16)5-11(21)4-9)13-14(17)18-7-19-15(13)20/h3-8,21H,1-2H3,(H2,17,18,19). The van der Waals surface area contributed by atoms with Crippen molar-refractivity contribution in [1.82, 2.24) is 14.5 Å². The lowest BCUT2D eigenvalue weighted by atomic mass is 10.1. The number of hydrogen-bond donors (Lipinski definition) is 2. The van der Waals surface area contributed by atoms with Gasteiger partial charge in [0.1, 0.15) is 29.4 Å². The molecule has 2 heterocycles. The second kappa shape index (κ2) is 4.73. The predicted molar refractivity (Wildman–Crippen MR) is 79.4 cm³/mol. The summed E-state index contributed by atoms with van der Waals surface area (Å²) in [4.78, 5) is 8.28. The zero-order valence-electron chi connectivity index (χ0n) is 11.7. The summed E-state index contributed by atoms with van der Waals surface area (Å²) in [7, 11) is 0. The Morgan fingerprint density at radius 2 is 2.00 bits per heavy atom. The van der Waals surface area contributed by atoms with Crippen LogP contribution in [0.25, 0.3) is 22.2 Å². The average molecular weight is 286 g/mol. The fourth-order valence-corrected chi connectivity index (χ4v) is 2.45. The largest absolute Gasteiger partial charge is 0.508 e. The van der Waals surface area contributed by atoms with E-state index in [9.17, 15) is 9.50 Å². The molecule has 1 aromatic carbocycles. The molecule has 0 atom stereocenters.